The van der Waals surface area contributed by atoms with Gasteiger partial charge in [-0.15, -0.1) is 0 Å². The molecule has 6 nitrogen and oxygen atoms in total. The summed E-state index contributed by atoms with van der Waals surface area (Å²) < 4.78 is 0. The highest BCUT2D eigenvalue weighted by molar-refractivity contribution is 6.21. The zero-order valence-electron chi connectivity index (χ0n) is 56.8. The van der Waals surface area contributed by atoms with Crippen LogP contribution >= 0.6 is 0 Å². The average Bonchev–Trinajstić information content (AvgIpc) is 0.720. The molecule has 0 saturated carbocycles. The van der Waals surface area contributed by atoms with Gasteiger partial charge in [0.05, 0.1) is 33.4 Å². The Morgan fingerprint density at radius 3 is 0.456 bits per heavy atom. The molecule has 0 fully saturated rings. The molecule has 0 aliphatic carbocycles. The van der Waals surface area contributed by atoms with Crippen molar-refractivity contribution in [1.82, 2.24) is 29.9 Å². The van der Waals surface area contributed by atoms with Crippen LogP contribution in [0, 0.1) is 71.0 Å². The first-order chi connectivity index (χ1) is 44.5. The van der Waals surface area contributed by atoms with Gasteiger partial charge < -0.3 is 0 Å². The summed E-state index contributed by atoms with van der Waals surface area (Å²) in [6, 6.07) is 12.6. The molecule has 0 radical (unpaired) electrons. The van der Waals surface area contributed by atoms with Crippen LogP contribution in [0.1, 0.15) is 345 Å². The summed E-state index contributed by atoms with van der Waals surface area (Å²) >= 11 is 0. The molecule has 4 aromatic carbocycles. The Hall–Kier alpha value is -6.96. The number of unbranched alkanes of at least 4 members (excludes halogenated alkanes) is 36. The Kier molecular flexibility index (Phi) is 33.0. The van der Waals surface area contributed by atoms with E-state index in [4.69, 9.17) is 29.9 Å². The molecule has 6 heteroatoms. The van der Waals surface area contributed by atoms with Crippen LogP contribution in [-0.2, 0) is 0 Å². The maximum Gasteiger partial charge on any atom is 0.120 e. The van der Waals surface area contributed by atoms with Gasteiger partial charge in [-0.2, -0.15) is 0 Å². The van der Waals surface area contributed by atoms with E-state index in [0.29, 0.717) is 66.2 Å². The van der Waals surface area contributed by atoms with E-state index in [9.17, 15) is 0 Å². The summed E-state index contributed by atoms with van der Waals surface area (Å²) in [6.07, 6.45) is 48.9. The van der Waals surface area contributed by atoms with E-state index in [-0.39, 0.29) is 0 Å². The Morgan fingerprint density at radius 2 is 0.311 bits per heavy atom. The quantitative estimate of drug-likeness (QED) is 0.0169. The van der Waals surface area contributed by atoms with Gasteiger partial charge in [-0.25, -0.2) is 29.9 Å². The fourth-order valence-electron chi connectivity index (χ4n) is 11.9. The first-order valence-electron chi connectivity index (χ1n) is 36.5. The minimum Gasteiger partial charge on any atom is -0.241 e. The van der Waals surface area contributed by atoms with Crippen molar-refractivity contribution in [2.45, 2.75) is 311 Å². The molecule has 7 aromatic rings. The molecule has 0 spiro atoms. The molecule has 0 aliphatic heterocycles. The van der Waals surface area contributed by atoms with Crippen LogP contribution in [0.15, 0.2) is 36.4 Å². The highest BCUT2D eigenvalue weighted by Gasteiger charge is 2.23. The fourth-order valence-corrected chi connectivity index (χ4v) is 11.9. The number of nitrogens with zero attached hydrogens (tertiary/aromatic N) is 6. The van der Waals surface area contributed by atoms with E-state index in [2.05, 4.69) is 149 Å². The third-order valence-electron chi connectivity index (χ3n) is 17.4. The third kappa shape index (κ3) is 22.5. The van der Waals surface area contributed by atoms with Gasteiger partial charge in [0.1, 0.15) is 66.2 Å². The Morgan fingerprint density at radius 1 is 0.178 bits per heavy atom. The first-order valence-corrected chi connectivity index (χ1v) is 36.5. The maximum atomic E-state index is 5.70. The Balaban J connectivity index is 1.51. The molecule has 0 aliphatic rings. The third-order valence-corrected chi connectivity index (χ3v) is 17.4. The molecule has 90 heavy (non-hydrogen) atoms. The monoisotopic (exact) mass is 1200 g/mol. The minimum atomic E-state index is 0.598. The van der Waals surface area contributed by atoms with Crippen LogP contribution < -0.4 is 0 Å². The van der Waals surface area contributed by atoms with Gasteiger partial charge >= 0.3 is 0 Å². The molecular weight excluding hydrogens is 1090 g/mol. The summed E-state index contributed by atoms with van der Waals surface area (Å²) in [6.45, 7) is 13.6. The van der Waals surface area contributed by atoms with Crippen molar-refractivity contribution in [1.29, 1.82) is 0 Å². The number of fused-ring (bicyclic) bond motifs is 9. The lowest BCUT2D eigenvalue weighted by Gasteiger charge is -2.13. The SMILES string of the molecule is CCCCCCCCC#Cc1ccc(C#CCCCCCCCC)c2nc3c(nc12)c1nc2c(C#CCCCCCCCC)ccc(C#CCCCCCCCC)c2nc1c1nc2c(C#CCCCCCCCC)ccc(C#CCCCCCCCC)c2nc31. The van der Waals surface area contributed by atoms with Crippen LogP contribution in [0.25, 0.3) is 66.2 Å². The molecular formula is C84H108N6. The van der Waals surface area contributed by atoms with Crippen molar-refractivity contribution in [3.05, 3.63) is 69.8 Å². The van der Waals surface area contributed by atoms with E-state index in [1.165, 1.54) is 193 Å². The number of aromatic nitrogens is 6. The molecule has 474 valence electrons. The van der Waals surface area contributed by atoms with Crippen molar-refractivity contribution in [2.24, 2.45) is 0 Å². The second kappa shape index (κ2) is 42.2. The maximum absolute atomic E-state index is 5.70. The van der Waals surface area contributed by atoms with Crippen molar-refractivity contribution >= 4 is 66.2 Å². The lowest BCUT2D eigenvalue weighted by Crippen LogP contribution is -2.02. The first kappa shape index (κ1) is 70.5. The molecule has 0 saturated heterocycles. The van der Waals surface area contributed by atoms with Crippen LogP contribution in [0.5, 0.6) is 0 Å². The molecule has 0 unspecified atom stereocenters. The smallest absolute Gasteiger partial charge is 0.120 e. The van der Waals surface area contributed by atoms with Gasteiger partial charge in [-0.3, -0.25) is 0 Å². The predicted molar refractivity (Wildman–Crippen MR) is 387 cm³/mol. The van der Waals surface area contributed by atoms with Crippen LogP contribution in [-0.4, -0.2) is 29.9 Å². The van der Waals surface area contributed by atoms with Crippen LogP contribution in [0.4, 0.5) is 0 Å². The minimum absolute atomic E-state index is 0.598. The summed E-state index contributed by atoms with van der Waals surface area (Å²) in [5.41, 5.74) is 12.8. The van der Waals surface area contributed by atoms with Gasteiger partial charge in [0.2, 0.25) is 0 Å². The topological polar surface area (TPSA) is 77.3 Å². The van der Waals surface area contributed by atoms with Crippen molar-refractivity contribution in [3.63, 3.8) is 0 Å². The summed E-state index contributed by atoms with van der Waals surface area (Å²) in [7, 11) is 0. The van der Waals surface area contributed by atoms with Crippen molar-refractivity contribution < 1.29 is 0 Å². The van der Waals surface area contributed by atoms with Gasteiger partial charge in [-0.1, -0.05) is 305 Å². The summed E-state index contributed by atoms with van der Waals surface area (Å²) in [5.74, 6) is 42.9. The van der Waals surface area contributed by atoms with E-state index in [1.807, 2.05) is 0 Å². The van der Waals surface area contributed by atoms with Gasteiger partial charge in [0, 0.05) is 38.5 Å². The van der Waals surface area contributed by atoms with Gasteiger partial charge in [0.25, 0.3) is 0 Å². The number of hydrogen-bond acceptors (Lipinski definition) is 6. The molecule has 0 N–H and O–H groups in total. The van der Waals surface area contributed by atoms with Gasteiger partial charge in [0.15, 0.2) is 0 Å². The van der Waals surface area contributed by atoms with Crippen molar-refractivity contribution in [3.8, 4) is 71.0 Å². The van der Waals surface area contributed by atoms with E-state index < -0.39 is 0 Å². The largest absolute Gasteiger partial charge is 0.241 e. The van der Waals surface area contributed by atoms with Crippen molar-refractivity contribution in [2.75, 3.05) is 0 Å². The molecule has 0 amide bonds. The summed E-state index contributed by atoms with van der Waals surface area (Å²) in [5, 5.41) is 0. The Labute approximate surface area is 545 Å². The molecule has 3 heterocycles. The molecule has 0 bridgehead atoms. The standard InChI is InChI=1S/C84H108N6/c1-7-13-19-25-31-37-43-49-55-67-61-62-68(56-50-44-38-32-26-20-14-8-2)74-73(67)85-79-80(86-74)82-84(90-78-72(60-54-48-42-36-30-24-18-12-6)66-65-71(77(78)88-82)59-53-47-41-35-29-23-17-11-5)83-81(79)87-75-69(57-51-45-39-33-27-21-15-9-3)63-64-70(76(75)89-83)58-52-46-40-34-28-22-16-10-4/h61-66H,7-48H2,1-6H3. The number of benzene rings is 4. The fraction of sp³-hybridized carbons (Fsp3) is 0.571. The van der Waals surface area contributed by atoms with E-state index in [1.54, 1.807) is 0 Å². The number of rotatable bonds is 36. The zero-order valence-corrected chi connectivity index (χ0v) is 56.8. The molecule has 0 atom stereocenters. The zero-order chi connectivity index (χ0) is 63.1. The van der Waals surface area contributed by atoms with Gasteiger partial charge in [-0.05, 0) is 74.9 Å². The normalized spacial score (nSPS) is 11.0. The molecule has 3 aromatic heterocycles. The second-order valence-electron chi connectivity index (χ2n) is 25.3. The Bertz CT molecular complexity index is 3110. The van der Waals surface area contributed by atoms with E-state index in [0.717, 1.165) is 110 Å². The highest BCUT2D eigenvalue weighted by Crippen LogP contribution is 2.36. The van der Waals surface area contributed by atoms with Crippen LogP contribution in [0.3, 0.4) is 0 Å². The lowest BCUT2D eigenvalue weighted by atomic mass is 10.0. The second-order valence-corrected chi connectivity index (χ2v) is 25.3. The lowest BCUT2D eigenvalue weighted by molar-refractivity contribution is 0.614. The van der Waals surface area contributed by atoms with E-state index >= 15 is 0 Å². The summed E-state index contributed by atoms with van der Waals surface area (Å²) in [4.78, 5) is 34.2. The highest BCUT2D eigenvalue weighted by atomic mass is 14.9. The average molecular weight is 1200 g/mol. The molecule has 7 rings (SSSR count). The number of hydrogen-bond donors (Lipinski definition) is 0. The predicted octanol–water partition coefficient (Wildman–Crippen LogP) is 23.6. The van der Waals surface area contributed by atoms with Crippen LogP contribution in [0.2, 0.25) is 0 Å².